The van der Waals surface area contributed by atoms with Gasteiger partial charge in [0.05, 0.1) is 9.50 Å². The van der Waals surface area contributed by atoms with Crippen LogP contribution in [0.1, 0.15) is 10.5 Å². The lowest BCUT2D eigenvalue weighted by atomic mass is 10.3. The molecule has 0 radical (unpaired) electrons. The van der Waals surface area contributed by atoms with Gasteiger partial charge in [0.2, 0.25) is 0 Å². The summed E-state index contributed by atoms with van der Waals surface area (Å²) >= 11 is 8.79. The summed E-state index contributed by atoms with van der Waals surface area (Å²) in [4.78, 5) is 14.4. The highest BCUT2D eigenvalue weighted by Crippen LogP contribution is 2.33. The lowest BCUT2D eigenvalue weighted by molar-refractivity contribution is 0.0690. The standard InChI is InChI=1S/C12H6BrClFNO3/c13-7-4-8(14)9(15)5-11(7)19-6-1-2-16-10(3-6)12(17)18/h1-5H,(H,17,18). The zero-order valence-electron chi connectivity index (χ0n) is 9.23. The molecule has 1 heterocycles. The minimum atomic E-state index is -1.17. The number of benzene rings is 1. The predicted molar refractivity (Wildman–Crippen MR) is 70.4 cm³/mol. The lowest BCUT2D eigenvalue weighted by Gasteiger charge is -2.08. The molecule has 0 aliphatic carbocycles. The van der Waals surface area contributed by atoms with Crippen LogP contribution in [0.15, 0.2) is 34.9 Å². The molecule has 0 bridgehead atoms. The summed E-state index contributed by atoms with van der Waals surface area (Å²) < 4.78 is 19.2. The van der Waals surface area contributed by atoms with Gasteiger partial charge in [-0.05, 0) is 28.1 Å². The van der Waals surface area contributed by atoms with E-state index in [0.29, 0.717) is 4.47 Å². The Morgan fingerprint density at radius 2 is 2.16 bits per heavy atom. The van der Waals surface area contributed by atoms with Crippen molar-refractivity contribution in [3.63, 3.8) is 0 Å². The van der Waals surface area contributed by atoms with Crippen LogP contribution in [0.5, 0.6) is 11.5 Å². The van der Waals surface area contributed by atoms with Crippen LogP contribution in [-0.4, -0.2) is 16.1 Å². The number of carboxylic acids is 1. The van der Waals surface area contributed by atoms with Crippen LogP contribution in [0.25, 0.3) is 0 Å². The van der Waals surface area contributed by atoms with Crippen LogP contribution in [0.4, 0.5) is 4.39 Å². The Labute approximate surface area is 120 Å². The van der Waals surface area contributed by atoms with Gasteiger partial charge in [-0.3, -0.25) is 0 Å². The number of ether oxygens (including phenoxy) is 1. The third kappa shape index (κ3) is 3.21. The fourth-order valence-corrected chi connectivity index (χ4v) is 2.02. The summed E-state index contributed by atoms with van der Waals surface area (Å²) in [5.74, 6) is -1.39. The van der Waals surface area contributed by atoms with Gasteiger partial charge in [-0.15, -0.1) is 0 Å². The van der Waals surface area contributed by atoms with Crippen molar-refractivity contribution in [3.8, 4) is 11.5 Å². The zero-order chi connectivity index (χ0) is 14.0. The topological polar surface area (TPSA) is 59.4 Å². The molecule has 7 heteroatoms. The summed E-state index contributed by atoms with van der Waals surface area (Å²) in [6.45, 7) is 0. The summed E-state index contributed by atoms with van der Waals surface area (Å²) in [6, 6.07) is 5.16. The van der Waals surface area contributed by atoms with Crippen LogP contribution in [0.3, 0.4) is 0 Å². The van der Waals surface area contributed by atoms with Crippen molar-refractivity contribution >= 4 is 33.5 Å². The highest BCUT2D eigenvalue weighted by molar-refractivity contribution is 9.10. The number of carboxylic acid groups (broad SMARTS) is 1. The second-order valence-electron chi connectivity index (χ2n) is 3.48. The number of aromatic nitrogens is 1. The molecule has 1 N–H and O–H groups in total. The van der Waals surface area contributed by atoms with Crippen molar-refractivity contribution < 1.29 is 19.0 Å². The van der Waals surface area contributed by atoms with E-state index in [1.807, 2.05) is 0 Å². The molecule has 4 nitrogen and oxygen atoms in total. The Kier molecular flexibility index (Phi) is 4.01. The van der Waals surface area contributed by atoms with Gasteiger partial charge >= 0.3 is 5.97 Å². The normalized spacial score (nSPS) is 10.3. The first-order valence-corrected chi connectivity index (χ1v) is 6.16. The number of halogens is 3. The smallest absolute Gasteiger partial charge is 0.354 e. The third-order valence-corrected chi connectivity index (χ3v) is 3.06. The molecule has 2 aromatic rings. The average molecular weight is 347 g/mol. The Balaban J connectivity index is 2.33. The fourth-order valence-electron chi connectivity index (χ4n) is 1.30. The van der Waals surface area contributed by atoms with E-state index in [4.69, 9.17) is 21.4 Å². The van der Waals surface area contributed by atoms with Crippen molar-refractivity contribution in [3.05, 3.63) is 51.5 Å². The Morgan fingerprint density at radius 3 is 2.84 bits per heavy atom. The van der Waals surface area contributed by atoms with Gasteiger partial charge in [-0.2, -0.15) is 0 Å². The van der Waals surface area contributed by atoms with Crippen LogP contribution >= 0.6 is 27.5 Å². The summed E-state index contributed by atoms with van der Waals surface area (Å²) in [5, 5.41) is 8.76. The number of nitrogens with zero attached hydrogens (tertiary/aromatic N) is 1. The fraction of sp³-hybridized carbons (Fsp3) is 0. The molecular weight excluding hydrogens is 340 g/mol. The molecule has 0 spiro atoms. The Bertz CT molecular complexity index is 651. The molecular formula is C12H6BrClFNO3. The van der Waals surface area contributed by atoms with Crippen molar-refractivity contribution in [1.29, 1.82) is 0 Å². The molecule has 0 aliphatic rings. The molecule has 0 saturated carbocycles. The van der Waals surface area contributed by atoms with E-state index >= 15 is 0 Å². The highest BCUT2D eigenvalue weighted by atomic mass is 79.9. The number of hydrogen-bond donors (Lipinski definition) is 1. The van der Waals surface area contributed by atoms with Gasteiger partial charge in [0, 0.05) is 18.3 Å². The van der Waals surface area contributed by atoms with E-state index < -0.39 is 11.8 Å². The molecule has 0 saturated heterocycles. The van der Waals surface area contributed by atoms with Gasteiger partial charge in [0.1, 0.15) is 17.3 Å². The van der Waals surface area contributed by atoms with Gasteiger partial charge in [-0.1, -0.05) is 11.6 Å². The molecule has 0 atom stereocenters. The van der Waals surface area contributed by atoms with Gasteiger partial charge in [-0.25, -0.2) is 14.2 Å². The highest BCUT2D eigenvalue weighted by Gasteiger charge is 2.11. The molecule has 98 valence electrons. The number of aromatic carboxylic acids is 1. The monoisotopic (exact) mass is 345 g/mol. The van der Waals surface area contributed by atoms with Gasteiger partial charge in [0.15, 0.2) is 5.69 Å². The molecule has 19 heavy (non-hydrogen) atoms. The molecule has 0 aliphatic heterocycles. The van der Waals surface area contributed by atoms with Crippen LogP contribution in [-0.2, 0) is 0 Å². The van der Waals surface area contributed by atoms with E-state index in [2.05, 4.69) is 20.9 Å². The predicted octanol–water partition coefficient (Wildman–Crippen LogP) is 4.13. The average Bonchev–Trinajstić information content (AvgIpc) is 2.36. The molecule has 0 fully saturated rings. The van der Waals surface area contributed by atoms with Crippen LogP contribution < -0.4 is 4.74 Å². The van der Waals surface area contributed by atoms with Crippen LogP contribution in [0, 0.1) is 5.82 Å². The molecule has 1 aromatic heterocycles. The maximum absolute atomic E-state index is 13.3. The van der Waals surface area contributed by atoms with E-state index in [9.17, 15) is 9.18 Å². The Hall–Kier alpha value is -1.66. The second kappa shape index (κ2) is 5.54. The van der Waals surface area contributed by atoms with E-state index in [1.165, 1.54) is 24.4 Å². The van der Waals surface area contributed by atoms with Crippen molar-refractivity contribution in [2.45, 2.75) is 0 Å². The Morgan fingerprint density at radius 1 is 1.42 bits per heavy atom. The van der Waals surface area contributed by atoms with Crippen molar-refractivity contribution in [2.24, 2.45) is 0 Å². The quantitative estimate of drug-likeness (QED) is 0.849. The maximum Gasteiger partial charge on any atom is 0.354 e. The minimum absolute atomic E-state index is 0.0415. The first kappa shape index (κ1) is 13.8. The zero-order valence-corrected chi connectivity index (χ0v) is 11.6. The number of pyridine rings is 1. The van der Waals surface area contributed by atoms with Gasteiger partial charge in [0.25, 0.3) is 0 Å². The van der Waals surface area contributed by atoms with E-state index in [0.717, 1.165) is 6.07 Å². The number of carbonyl (C=O) groups is 1. The first-order chi connectivity index (χ1) is 8.97. The molecule has 0 unspecified atom stereocenters. The molecule has 2 rings (SSSR count). The SMILES string of the molecule is O=C(O)c1cc(Oc2cc(F)c(Cl)cc2Br)ccn1. The summed E-state index contributed by atoms with van der Waals surface area (Å²) in [6.07, 6.45) is 1.29. The summed E-state index contributed by atoms with van der Waals surface area (Å²) in [7, 11) is 0. The van der Waals surface area contributed by atoms with Crippen LogP contribution in [0.2, 0.25) is 5.02 Å². The maximum atomic E-state index is 13.3. The van der Waals surface area contributed by atoms with Gasteiger partial charge < -0.3 is 9.84 Å². The number of rotatable bonds is 3. The third-order valence-electron chi connectivity index (χ3n) is 2.15. The largest absolute Gasteiger partial charge is 0.477 e. The number of hydrogen-bond acceptors (Lipinski definition) is 3. The van der Waals surface area contributed by atoms with Crippen molar-refractivity contribution in [2.75, 3.05) is 0 Å². The van der Waals surface area contributed by atoms with E-state index in [-0.39, 0.29) is 22.2 Å². The van der Waals surface area contributed by atoms with Crippen molar-refractivity contribution in [1.82, 2.24) is 4.98 Å². The minimum Gasteiger partial charge on any atom is -0.477 e. The second-order valence-corrected chi connectivity index (χ2v) is 4.74. The molecule has 1 aromatic carbocycles. The summed E-state index contributed by atoms with van der Waals surface area (Å²) in [5.41, 5.74) is -0.164. The first-order valence-electron chi connectivity index (χ1n) is 4.99. The lowest BCUT2D eigenvalue weighted by Crippen LogP contribution is -1.99. The molecule has 0 amide bonds. The van der Waals surface area contributed by atoms with E-state index in [1.54, 1.807) is 0 Å².